The average Bonchev–Trinajstić information content (AvgIpc) is 3.02. The summed E-state index contributed by atoms with van der Waals surface area (Å²) in [6, 6.07) is 11.2. The highest BCUT2D eigenvalue weighted by molar-refractivity contribution is 6.39. The summed E-state index contributed by atoms with van der Waals surface area (Å²) in [6.07, 6.45) is 1.35. The third-order valence-electron chi connectivity index (χ3n) is 4.23. The van der Waals surface area contributed by atoms with Crippen LogP contribution in [0.4, 0.5) is 14.5 Å². The van der Waals surface area contributed by atoms with E-state index in [0.717, 1.165) is 0 Å². The number of carbonyl (C=O) groups excluding carboxylic acids is 1. The Bertz CT molecular complexity index is 1190. The molecule has 0 unspecified atom stereocenters. The quantitative estimate of drug-likeness (QED) is 0.533. The molecule has 1 amide bonds. The van der Waals surface area contributed by atoms with Crippen molar-refractivity contribution in [3.8, 4) is 5.69 Å². The van der Waals surface area contributed by atoms with Crippen molar-refractivity contribution >= 4 is 34.2 Å². The number of pyridine rings is 1. The summed E-state index contributed by atoms with van der Waals surface area (Å²) >= 11 is 6.49. The summed E-state index contributed by atoms with van der Waals surface area (Å²) < 4.78 is 27.8. The molecule has 2 aromatic heterocycles. The van der Waals surface area contributed by atoms with Crippen LogP contribution in [-0.4, -0.2) is 20.7 Å². The van der Waals surface area contributed by atoms with E-state index in [1.54, 1.807) is 19.1 Å². The molecule has 0 saturated carbocycles. The molecule has 0 fully saturated rings. The van der Waals surface area contributed by atoms with E-state index in [4.69, 9.17) is 11.6 Å². The molecule has 0 saturated heterocycles. The normalized spacial score (nSPS) is 11.0. The molecule has 140 valence electrons. The van der Waals surface area contributed by atoms with Crippen LogP contribution in [0.25, 0.3) is 16.7 Å². The van der Waals surface area contributed by atoms with Crippen molar-refractivity contribution in [2.24, 2.45) is 0 Å². The Kier molecular flexibility index (Phi) is 4.52. The van der Waals surface area contributed by atoms with E-state index >= 15 is 0 Å². The Morgan fingerprint density at radius 1 is 1.04 bits per heavy atom. The molecule has 28 heavy (non-hydrogen) atoms. The SMILES string of the molecule is Cc1nn(-c2ccc(F)cc2)c2ncc(C(=O)Nc3ccc(F)cc3)c(Cl)c12. The van der Waals surface area contributed by atoms with Gasteiger partial charge < -0.3 is 5.32 Å². The Balaban J connectivity index is 1.74. The van der Waals surface area contributed by atoms with Crippen LogP contribution in [0.1, 0.15) is 16.1 Å². The molecule has 2 heterocycles. The average molecular weight is 399 g/mol. The minimum atomic E-state index is -0.472. The van der Waals surface area contributed by atoms with E-state index in [0.29, 0.717) is 28.1 Å². The zero-order valence-electron chi connectivity index (χ0n) is 14.6. The van der Waals surface area contributed by atoms with Crippen LogP contribution in [0.3, 0.4) is 0 Å². The van der Waals surface area contributed by atoms with Crippen LogP contribution in [0, 0.1) is 18.6 Å². The minimum Gasteiger partial charge on any atom is -0.322 e. The first-order valence-electron chi connectivity index (χ1n) is 8.31. The van der Waals surface area contributed by atoms with Gasteiger partial charge in [-0.1, -0.05) is 11.6 Å². The standard InChI is InChI=1S/C20H13ClF2N4O/c1-11-17-18(21)16(20(28)25-14-6-2-12(22)3-7-14)10-24-19(17)27(26-11)15-8-4-13(23)5-9-15/h2-10H,1H3,(H,25,28). The lowest BCUT2D eigenvalue weighted by Gasteiger charge is -2.08. The molecule has 0 aliphatic rings. The number of anilines is 1. The summed E-state index contributed by atoms with van der Waals surface area (Å²) in [5.41, 5.74) is 2.24. The highest BCUT2D eigenvalue weighted by Gasteiger charge is 2.20. The third kappa shape index (κ3) is 3.20. The number of hydrogen-bond acceptors (Lipinski definition) is 3. The summed E-state index contributed by atoms with van der Waals surface area (Å²) in [5, 5.41) is 7.80. The molecule has 4 aromatic rings. The zero-order chi connectivity index (χ0) is 19.8. The van der Waals surface area contributed by atoms with E-state index in [1.807, 2.05) is 0 Å². The summed E-state index contributed by atoms with van der Waals surface area (Å²) in [5.74, 6) is -1.23. The van der Waals surface area contributed by atoms with Gasteiger partial charge in [0, 0.05) is 11.9 Å². The molecule has 0 aliphatic carbocycles. The molecule has 8 heteroatoms. The lowest BCUT2D eigenvalue weighted by molar-refractivity contribution is 0.102. The Morgan fingerprint density at radius 3 is 2.29 bits per heavy atom. The lowest BCUT2D eigenvalue weighted by atomic mass is 10.2. The van der Waals surface area contributed by atoms with E-state index in [9.17, 15) is 13.6 Å². The molecule has 0 atom stereocenters. The highest BCUT2D eigenvalue weighted by atomic mass is 35.5. The number of hydrogen-bond donors (Lipinski definition) is 1. The molecular formula is C20H13ClF2N4O. The van der Waals surface area contributed by atoms with Gasteiger partial charge in [0.05, 0.1) is 27.4 Å². The monoisotopic (exact) mass is 398 g/mol. The van der Waals surface area contributed by atoms with Crippen molar-refractivity contribution in [2.45, 2.75) is 6.92 Å². The van der Waals surface area contributed by atoms with Crippen LogP contribution >= 0.6 is 11.6 Å². The van der Waals surface area contributed by atoms with Gasteiger partial charge in [0.1, 0.15) is 11.6 Å². The van der Waals surface area contributed by atoms with E-state index in [-0.39, 0.29) is 16.4 Å². The van der Waals surface area contributed by atoms with Crippen molar-refractivity contribution in [1.82, 2.24) is 14.8 Å². The second-order valence-corrected chi connectivity index (χ2v) is 6.50. The van der Waals surface area contributed by atoms with Gasteiger partial charge in [-0.2, -0.15) is 5.10 Å². The van der Waals surface area contributed by atoms with Gasteiger partial charge in [-0.05, 0) is 55.5 Å². The topological polar surface area (TPSA) is 59.8 Å². The molecule has 0 aliphatic heterocycles. The predicted molar refractivity (Wildman–Crippen MR) is 103 cm³/mol. The summed E-state index contributed by atoms with van der Waals surface area (Å²) in [4.78, 5) is 16.9. The van der Waals surface area contributed by atoms with Gasteiger partial charge in [0.15, 0.2) is 5.65 Å². The van der Waals surface area contributed by atoms with Crippen molar-refractivity contribution in [1.29, 1.82) is 0 Å². The van der Waals surface area contributed by atoms with Gasteiger partial charge in [-0.3, -0.25) is 4.79 Å². The number of rotatable bonds is 3. The first-order valence-corrected chi connectivity index (χ1v) is 8.68. The Morgan fingerprint density at radius 2 is 1.64 bits per heavy atom. The van der Waals surface area contributed by atoms with Crippen molar-refractivity contribution in [3.05, 3.63) is 82.6 Å². The van der Waals surface area contributed by atoms with Gasteiger partial charge >= 0.3 is 0 Å². The summed E-state index contributed by atoms with van der Waals surface area (Å²) in [7, 11) is 0. The maximum Gasteiger partial charge on any atom is 0.258 e. The van der Waals surface area contributed by atoms with E-state index in [2.05, 4.69) is 15.4 Å². The van der Waals surface area contributed by atoms with Gasteiger partial charge in [0.25, 0.3) is 5.91 Å². The van der Waals surface area contributed by atoms with E-state index < -0.39 is 11.7 Å². The Labute approximate surface area is 163 Å². The van der Waals surface area contributed by atoms with Crippen LogP contribution in [0.5, 0.6) is 0 Å². The maximum absolute atomic E-state index is 13.2. The zero-order valence-corrected chi connectivity index (χ0v) is 15.3. The predicted octanol–water partition coefficient (Wildman–Crippen LogP) is 4.91. The fraction of sp³-hybridized carbons (Fsp3) is 0.0500. The molecule has 0 radical (unpaired) electrons. The molecule has 5 nitrogen and oxygen atoms in total. The fourth-order valence-electron chi connectivity index (χ4n) is 2.86. The molecular weight excluding hydrogens is 386 g/mol. The van der Waals surface area contributed by atoms with E-state index in [1.165, 1.54) is 47.3 Å². The van der Waals surface area contributed by atoms with Crippen LogP contribution in [0.15, 0.2) is 54.7 Å². The first-order chi connectivity index (χ1) is 13.4. The van der Waals surface area contributed by atoms with Crippen molar-refractivity contribution < 1.29 is 13.6 Å². The number of fused-ring (bicyclic) bond motifs is 1. The van der Waals surface area contributed by atoms with Crippen molar-refractivity contribution in [3.63, 3.8) is 0 Å². The number of carbonyl (C=O) groups is 1. The lowest BCUT2D eigenvalue weighted by Crippen LogP contribution is -2.13. The first kappa shape index (κ1) is 18.1. The molecule has 0 bridgehead atoms. The minimum absolute atomic E-state index is 0.167. The third-order valence-corrected chi connectivity index (χ3v) is 4.62. The van der Waals surface area contributed by atoms with Crippen molar-refractivity contribution in [2.75, 3.05) is 5.32 Å². The number of aromatic nitrogens is 3. The number of benzene rings is 2. The summed E-state index contributed by atoms with van der Waals surface area (Å²) in [6.45, 7) is 1.75. The van der Waals surface area contributed by atoms with Gasteiger partial charge in [-0.25, -0.2) is 18.4 Å². The second kappa shape index (κ2) is 7.01. The van der Waals surface area contributed by atoms with Crippen LogP contribution in [-0.2, 0) is 0 Å². The molecule has 2 aromatic carbocycles. The number of amides is 1. The Hall–Kier alpha value is -3.32. The molecule has 0 spiro atoms. The molecule has 1 N–H and O–H groups in total. The fourth-order valence-corrected chi connectivity index (χ4v) is 3.22. The largest absolute Gasteiger partial charge is 0.322 e. The number of nitrogens with zero attached hydrogens (tertiary/aromatic N) is 3. The number of aryl methyl sites for hydroxylation is 1. The smallest absolute Gasteiger partial charge is 0.258 e. The maximum atomic E-state index is 13.2. The van der Waals surface area contributed by atoms with Crippen LogP contribution < -0.4 is 5.32 Å². The number of halogens is 3. The van der Waals surface area contributed by atoms with Gasteiger partial charge in [0.2, 0.25) is 0 Å². The molecule has 4 rings (SSSR count). The van der Waals surface area contributed by atoms with Crippen LogP contribution in [0.2, 0.25) is 5.02 Å². The highest BCUT2D eigenvalue weighted by Crippen LogP contribution is 2.30. The number of nitrogens with one attached hydrogen (secondary N) is 1. The second-order valence-electron chi connectivity index (χ2n) is 6.12. The van der Waals surface area contributed by atoms with Gasteiger partial charge in [-0.15, -0.1) is 0 Å².